The monoisotopic (exact) mass is 365 g/mol. The van der Waals surface area contributed by atoms with Crippen molar-refractivity contribution in [3.8, 4) is 5.75 Å². The third-order valence-corrected chi connectivity index (χ3v) is 3.19. The number of hydrazone groups is 3. The molecular formula is C14H19N7OS2. The summed E-state index contributed by atoms with van der Waals surface area (Å²) in [5.41, 5.74) is 9.73. The molecule has 0 aliphatic rings. The maximum atomic E-state index is 9.60. The minimum atomic E-state index is 0.134. The summed E-state index contributed by atoms with van der Waals surface area (Å²) >= 11 is 9.95. The summed E-state index contributed by atoms with van der Waals surface area (Å²) in [7, 11) is 1.70. The maximum absolute atomic E-state index is 9.60. The largest absolute Gasteiger partial charge is 0.507 e. The first kappa shape index (κ1) is 19.5. The van der Waals surface area contributed by atoms with Crippen LogP contribution in [0, 0.1) is 0 Å². The van der Waals surface area contributed by atoms with Crippen molar-refractivity contribution in [1.29, 1.82) is 0 Å². The van der Waals surface area contributed by atoms with Crippen LogP contribution in [0.15, 0.2) is 39.6 Å². The van der Waals surface area contributed by atoms with Crippen molar-refractivity contribution in [3.05, 3.63) is 29.8 Å². The summed E-state index contributed by atoms with van der Waals surface area (Å²) in [5, 5.41) is 25.0. The van der Waals surface area contributed by atoms with Gasteiger partial charge in [0.2, 0.25) is 5.11 Å². The fourth-order valence-electron chi connectivity index (χ4n) is 1.27. The van der Waals surface area contributed by atoms with Crippen molar-refractivity contribution in [2.45, 2.75) is 13.8 Å². The standard InChI is InChI=1S/C14H19N7OS2/c1-9(17-20-13(23)15-3)10(2)18-21-14(24)19-16-8-11-6-4-5-7-12(11)22/h4-8,22H,1-3H3,(H2,15,20,23)(H2,19,21,24)/b16-8+,17-9?,18-10?. The molecular weight excluding hydrogens is 346 g/mol. The molecule has 0 fully saturated rings. The Kier molecular flexibility index (Phi) is 8.30. The summed E-state index contributed by atoms with van der Waals surface area (Å²) in [6, 6.07) is 6.82. The van der Waals surface area contributed by atoms with Crippen molar-refractivity contribution in [3.63, 3.8) is 0 Å². The zero-order chi connectivity index (χ0) is 17.9. The van der Waals surface area contributed by atoms with E-state index in [0.717, 1.165) is 0 Å². The van der Waals surface area contributed by atoms with Crippen LogP contribution in [0.5, 0.6) is 5.75 Å². The molecule has 1 rings (SSSR count). The molecule has 1 aromatic carbocycles. The lowest BCUT2D eigenvalue weighted by Crippen LogP contribution is -2.31. The molecule has 1 aromatic rings. The number of thiocarbonyl (C=S) groups is 2. The van der Waals surface area contributed by atoms with Gasteiger partial charge in [-0.25, -0.2) is 0 Å². The van der Waals surface area contributed by atoms with Gasteiger partial charge in [0, 0.05) is 12.6 Å². The van der Waals surface area contributed by atoms with Crippen molar-refractivity contribution >= 4 is 52.3 Å². The molecule has 5 N–H and O–H groups in total. The second-order valence-corrected chi connectivity index (χ2v) is 5.27. The third kappa shape index (κ3) is 7.11. The second-order valence-electron chi connectivity index (χ2n) is 4.46. The van der Waals surface area contributed by atoms with Gasteiger partial charge in [-0.15, -0.1) is 0 Å². The molecule has 8 nitrogen and oxygen atoms in total. The minimum Gasteiger partial charge on any atom is -0.507 e. The molecule has 0 aliphatic carbocycles. The summed E-state index contributed by atoms with van der Waals surface area (Å²) in [5.74, 6) is 0.134. The highest BCUT2D eigenvalue weighted by atomic mass is 32.1. The highest BCUT2D eigenvalue weighted by Gasteiger charge is 1.99. The van der Waals surface area contributed by atoms with Gasteiger partial charge in [-0.05, 0) is 50.4 Å². The van der Waals surface area contributed by atoms with E-state index in [2.05, 4.69) is 36.9 Å². The van der Waals surface area contributed by atoms with Crippen LogP contribution in [-0.2, 0) is 0 Å². The number of nitrogens with zero attached hydrogens (tertiary/aromatic N) is 3. The highest BCUT2D eigenvalue weighted by Crippen LogP contribution is 2.12. The van der Waals surface area contributed by atoms with E-state index in [0.29, 0.717) is 22.1 Å². The van der Waals surface area contributed by atoms with E-state index in [-0.39, 0.29) is 10.9 Å². The highest BCUT2D eigenvalue weighted by molar-refractivity contribution is 7.80. The Morgan fingerprint density at radius 1 is 1.00 bits per heavy atom. The van der Waals surface area contributed by atoms with Crippen LogP contribution >= 0.6 is 24.4 Å². The van der Waals surface area contributed by atoms with Crippen LogP contribution in [0.2, 0.25) is 0 Å². The van der Waals surface area contributed by atoms with Gasteiger partial charge in [-0.3, -0.25) is 16.3 Å². The fourth-order valence-corrected chi connectivity index (χ4v) is 1.41. The van der Waals surface area contributed by atoms with E-state index in [1.54, 1.807) is 45.2 Å². The Morgan fingerprint density at radius 2 is 1.58 bits per heavy atom. The van der Waals surface area contributed by atoms with Crippen LogP contribution < -0.4 is 21.6 Å². The van der Waals surface area contributed by atoms with Gasteiger partial charge in [0.25, 0.3) is 0 Å². The summed E-state index contributed by atoms with van der Waals surface area (Å²) in [6.45, 7) is 3.54. The van der Waals surface area contributed by atoms with E-state index < -0.39 is 0 Å². The molecule has 0 saturated carbocycles. The molecule has 0 heterocycles. The van der Waals surface area contributed by atoms with Gasteiger partial charge < -0.3 is 10.4 Å². The van der Waals surface area contributed by atoms with Gasteiger partial charge in [0.1, 0.15) is 5.75 Å². The first-order valence-electron chi connectivity index (χ1n) is 6.87. The van der Waals surface area contributed by atoms with Crippen molar-refractivity contribution < 1.29 is 5.11 Å². The normalized spacial score (nSPS) is 12.0. The van der Waals surface area contributed by atoms with E-state index in [9.17, 15) is 5.11 Å². The number of phenolic OH excluding ortho intramolecular Hbond substituents is 1. The van der Waals surface area contributed by atoms with Gasteiger partial charge in [0.05, 0.1) is 17.6 Å². The van der Waals surface area contributed by atoms with Crippen LogP contribution in [-0.4, -0.2) is 40.0 Å². The molecule has 0 saturated heterocycles. The molecule has 0 spiro atoms. The molecule has 0 aromatic heterocycles. The smallest absolute Gasteiger partial charge is 0.207 e. The molecule has 0 radical (unpaired) electrons. The van der Waals surface area contributed by atoms with Gasteiger partial charge in [-0.2, -0.15) is 15.3 Å². The Labute approximate surface area is 151 Å². The average molecular weight is 365 g/mol. The lowest BCUT2D eigenvalue weighted by Gasteiger charge is -2.05. The van der Waals surface area contributed by atoms with Crippen LogP contribution in [0.1, 0.15) is 19.4 Å². The Morgan fingerprint density at radius 3 is 2.17 bits per heavy atom. The number of phenols is 1. The minimum absolute atomic E-state index is 0.134. The zero-order valence-corrected chi connectivity index (χ0v) is 15.1. The van der Waals surface area contributed by atoms with Crippen molar-refractivity contribution in [2.75, 3.05) is 7.05 Å². The zero-order valence-electron chi connectivity index (χ0n) is 13.5. The number of hydrogen-bond donors (Lipinski definition) is 5. The number of rotatable bonds is 5. The number of para-hydroxylation sites is 1. The molecule has 0 bridgehead atoms. The van der Waals surface area contributed by atoms with Crippen LogP contribution in [0.4, 0.5) is 0 Å². The molecule has 0 amide bonds. The second kappa shape index (κ2) is 10.2. The predicted octanol–water partition coefficient (Wildman–Crippen LogP) is 1.04. The summed E-state index contributed by atoms with van der Waals surface area (Å²) in [6.07, 6.45) is 1.45. The molecule has 0 aliphatic heterocycles. The van der Waals surface area contributed by atoms with E-state index >= 15 is 0 Å². The average Bonchev–Trinajstić information content (AvgIpc) is 2.58. The number of aromatic hydroxyl groups is 1. The topological polar surface area (TPSA) is 105 Å². The van der Waals surface area contributed by atoms with E-state index in [1.165, 1.54) is 6.21 Å². The van der Waals surface area contributed by atoms with Gasteiger partial charge >= 0.3 is 0 Å². The first-order chi connectivity index (χ1) is 11.4. The molecule has 24 heavy (non-hydrogen) atoms. The summed E-state index contributed by atoms with van der Waals surface area (Å²) < 4.78 is 0. The lowest BCUT2D eigenvalue weighted by atomic mass is 10.2. The summed E-state index contributed by atoms with van der Waals surface area (Å²) in [4.78, 5) is 0. The quantitative estimate of drug-likeness (QED) is 0.302. The van der Waals surface area contributed by atoms with E-state index in [4.69, 9.17) is 24.4 Å². The van der Waals surface area contributed by atoms with Crippen molar-refractivity contribution in [1.82, 2.24) is 21.6 Å². The van der Waals surface area contributed by atoms with Crippen molar-refractivity contribution in [2.24, 2.45) is 15.3 Å². The number of nitrogens with one attached hydrogen (secondary N) is 4. The fraction of sp³-hybridized carbons (Fsp3) is 0.214. The van der Waals surface area contributed by atoms with Gasteiger partial charge in [0.15, 0.2) is 5.11 Å². The van der Waals surface area contributed by atoms with Crippen LogP contribution in [0.25, 0.3) is 0 Å². The Balaban J connectivity index is 2.50. The van der Waals surface area contributed by atoms with E-state index in [1.807, 2.05) is 0 Å². The Bertz CT molecular complexity index is 685. The third-order valence-electron chi connectivity index (χ3n) is 2.71. The number of benzene rings is 1. The number of hydrogen-bond acceptors (Lipinski definition) is 6. The molecule has 0 atom stereocenters. The first-order valence-corrected chi connectivity index (χ1v) is 7.69. The molecule has 10 heteroatoms. The van der Waals surface area contributed by atoms with Crippen LogP contribution in [0.3, 0.4) is 0 Å². The Hall–Kier alpha value is -2.59. The predicted molar refractivity (Wildman–Crippen MR) is 106 cm³/mol. The maximum Gasteiger partial charge on any atom is 0.207 e. The lowest BCUT2D eigenvalue weighted by molar-refractivity contribution is 0.474. The molecule has 128 valence electrons. The SMILES string of the molecule is CNC(=S)NN=C(C)C(C)=NNC(=S)N/N=C/c1ccccc1O. The molecule has 0 unspecified atom stereocenters. The van der Waals surface area contributed by atoms with Gasteiger partial charge in [-0.1, -0.05) is 12.1 Å².